The quantitative estimate of drug-likeness (QED) is 0.167. The Labute approximate surface area is 200 Å². The first kappa shape index (κ1) is 24.1. The van der Waals surface area contributed by atoms with Crippen LogP contribution in [0.25, 0.3) is 10.8 Å². The van der Waals surface area contributed by atoms with E-state index in [4.69, 9.17) is 5.73 Å². The van der Waals surface area contributed by atoms with Gasteiger partial charge in [0, 0.05) is 16.5 Å². The topological polar surface area (TPSA) is 184 Å². The predicted molar refractivity (Wildman–Crippen MR) is 129 cm³/mol. The summed E-state index contributed by atoms with van der Waals surface area (Å²) in [5.74, 6) is 0. The van der Waals surface area contributed by atoms with Gasteiger partial charge in [-0.25, -0.2) is 0 Å². The summed E-state index contributed by atoms with van der Waals surface area (Å²) in [5.41, 5.74) is 6.92. The third kappa shape index (κ3) is 5.55. The SMILES string of the molecule is Nc1ccc(N=Nc2ccc(N=Nc3ccccc3)cc2S(=O)(=O)O)c2cc(S(=O)(=O)O)ccc12. The fourth-order valence-corrected chi connectivity index (χ4v) is 4.30. The largest absolute Gasteiger partial charge is 0.398 e. The van der Waals surface area contributed by atoms with E-state index in [2.05, 4.69) is 20.5 Å². The fourth-order valence-electron chi connectivity index (χ4n) is 3.16. The Morgan fingerprint density at radius 3 is 1.94 bits per heavy atom. The average Bonchev–Trinajstić information content (AvgIpc) is 2.82. The number of anilines is 1. The third-order valence-corrected chi connectivity index (χ3v) is 6.55. The predicted octanol–water partition coefficient (Wildman–Crippen LogP) is 5.75. The Kier molecular flexibility index (Phi) is 6.41. The monoisotopic (exact) mass is 511 g/mol. The molecule has 0 aromatic heterocycles. The Hall–Kier alpha value is -4.04. The Morgan fingerprint density at radius 2 is 1.26 bits per heavy atom. The minimum atomic E-state index is -4.71. The minimum Gasteiger partial charge on any atom is -0.398 e. The summed E-state index contributed by atoms with van der Waals surface area (Å²) in [6.07, 6.45) is 0. The zero-order chi connectivity index (χ0) is 25.2. The van der Waals surface area contributed by atoms with Crippen molar-refractivity contribution in [2.45, 2.75) is 9.79 Å². The van der Waals surface area contributed by atoms with Crippen molar-refractivity contribution in [2.24, 2.45) is 20.5 Å². The average molecular weight is 512 g/mol. The van der Waals surface area contributed by atoms with Gasteiger partial charge in [-0.15, -0.1) is 10.2 Å². The van der Waals surface area contributed by atoms with Gasteiger partial charge >= 0.3 is 0 Å². The second kappa shape index (κ2) is 9.31. The zero-order valence-corrected chi connectivity index (χ0v) is 19.3. The normalized spacial score (nSPS) is 12.6. The van der Waals surface area contributed by atoms with Gasteiger partial charge < -0.3 is 5.73 Å². The van der Waals surface area contributed by atoms with Gasteiger partial charge in [0.25, 0.3) is 20.2 Å². The summed E-state index contributed by atoms with van der Waals surface area (Å²) in [5, 5.41) is 16.6. The van der Waals surface area contributed by atoms with Crippen molar-refractivity contribution in [2.75, 3.05) is 5.73 Å². The van der Waals surface area contributed by atoms with Crippen molar-refractivity contribution in [3.63, 3.8) is 0 Å². The Balaban J connectivity index is 1.77. The standard InChI is InChI=1S/C22H17N5O6S2/c23-19-9-11-20(18-13-16(34(28,29)30)7-8-17(18)19)26-27-21-10-6-15(12-22(21)35(31,32)33)25-24-14-4-2-1-3-5-14/h1-13H,23H2,(H,28,29,30)(H,31,32,33). The lowest BCUT2D eigenvalue weighted by atomic mass is 10.1. The first-order valence-corrected chi connectivity index (χ1v) is 12.7. The molecule has 0 aliphatic heterocycles. The van der Waals surface area contributed by atoms with E-state index in [0.29, 0.717) is 16.8 Å². The smallest absolute Gasteiger partial charge is 0.296 e. The van der Waals surface area contributed by atoms with Crippen LogP contribution in [0.15, 0.2) is 109 Å². The number of nitrogen functional groups attached to an aromatic ring is 1. The number of rotatable bonds is 6. The molecule has 13 heteroatoms. The molecule has 4 N–H and O–H groups in total. The number of fused-ring (bicyclic) bond motifs is 1. The highest BCUT2D eigenvalue weighted by Crippen LogP contribution is 2.35. The molecule has 4 aromatic carbocycles. The van der Waals surface area contributed by atoms with Gasteiger partial charge in [0.2, 0.25) is 0 Å². The minimum absolute atomic E-state index is 0.147. The molecule has 0 fully saturated rings. The lowest BCUT2D eigenvalue weighted by molar-refractivity contribution is 0.481. The number of nitrogens with zero attached hydrogens (tertiary/aromatic N) is 4. The molecule has 0 radical (unpaired) electrons. The van der Waals surface area contributed by atoms with Crippen molar-refractivity contribution in [3.8, 4) is 0 Å². The highest BCUT2D eigenvalue weighted by Gasteiger charge is 2.17. The lowest BCUT2D eigenvalue weighted by Crippen LogP contribution is -1.98. The van der Waals surface area contributed by atoms with E-state index >= 15 is 0 Å². The fraction of sp³-hybridized carbons (Fsp3) is 0. The molecule has 11 nitrogen and oxygen atoms in total. The molecular weight excluding hydrogens is 494 g/mol. The Morgan fingerprint density at radius 1 is 0.600 bits per heavy atom. The highest BCUT2D eigenvalue weighted by molar-refractivity contribution is 7.86. The first-order valence-electron chi connectivity index (χ1n) is 9.82. The van der Waals surface area contributed by atoms with Crippen LogP contribution in [0.5, 0.6) is 0 Å². The molecule has 4 aromatic rings. The molecule has 0 aliphatic rings. The zero-order valence-electron chi connectivity index (χ0n) is 17.7. The molecule has 0 aliphatic carbocycles. The van der Waals surface area contributed by atoms with Gasteiger partial charge in [0.1, 0.15) is 10.6 Å². The number of hydrogen-bond donors (Lipinski definition) is 3. The lowest BCUT2D eigenvalue weighted by Gasteiger charge is -2.07. The van der Waals surface area contributed by atoms with E-state index in [9.17, 15) is 25.9 Å². The maximum absolute atomic E-state index is 12.0. The van der Waals surface area contributed by atoms with E-state index in [0.717, 1.165) is 6.07 Å². The van der Waals surface area contributed by atoms with Crippen LogP contribution in [0.2, 0.25) is 0 Å². The third-order valence-electron chi connectivity index (χ3n) is 4.82. The molecular formula is C22H17N5O6S2. The second-order valence-electron chi connectivity index (χ2n) is 7.22. The van der Waals surface area contributed by atoms with Crippen LogP contribution in [0, 0.1) is 0 Å². The molecule has 35 heavy (non-hydrogen) atoms. The van der Waals surface area contributed by atoms with Gasteiger partial charge in [0.15, 0.2) is 0 Å². The maximum Gasteiger partial charge on any atom is 0.296 e. The van der Waals surface area contributed by atoms with Gasteiger partial charge in [-0.1, -0.05) is 24.3 Å². The van der Waals surface area contributed by atoms with Crippen molar-refractivity contribution < 1.29 is 25.9 Å². The number of benzene rings is 4. The summed E-state index contributed by atoms with van der Waals surface area (Å²) in [6, 6.07) is 19.3. The maximum atomic E-state index is 12.0. The second-order valence-corrected chi connectivity index (χ2v) is 10.0. The van der Waals surface area contributed by atoms with Gasteiger partial charge in [-0.05, 0) is 54.6 Å². The van der Waals surface area contributed by atoms with Crippen LogP contribution in [-0.4, -0.2) is 25.9 Å². The van der Waals surface area contributed by atoms with E-state index in [1.807, 2.05) is 6.07 Å². The molecule has 0 saturated carbocycles. The van der Waals surface area contributed by atoms with Crippen molar-refractivity contribution in [3.05, 3.63) is 78.9 Å². The summed E-state index contributed by atoms with van der Waals surface area (Å²) < 4.78 is 66.1. The summed E-state index contributed by atoms with van der Waals surface area (Å²) in [6.45, 7) is 0. The van der Waals surface area contributed by atoms with Crippen LogP contribution in [0.4, 0.5) is 28.4 Å². The molecule has 0 spiro atoms. The molecule has 0 saturated heterocycles. The van der Waals surface area contributed by atoms with Crippen LogP contribution < -0.4 is 5.73 Å². The summed E-state index contributed by atoms with van der Waals surface area (Å²) in [7, 11) is -9.20. The number of azo groups is 2. The molecule has 0 atom stereocenters. The molecule has 0 heterocycles. The van der Waals surface area contributed by atoms with Crippen LogP contribution in [-0.2, 0) is 20.2 Å². The van der Waals surface area contributed by atoms with E-state index < -0.39 is 25.1 Å². The van der Waals surface area contributed by atoms with Crippen molar-refractivity contribution >= 4 is 59.4 Å². The van der Waals surface area contributed by atoms with E-state index in [1.165, 1.54) is 42.5 Å². The summed E-state index contributed by atoms with van der Waals surface area (Å²) in [4.78, 5) is -0.928. The Bertz CT molecular complexity index is 1700. The van der Waals surface area contributed by atoms with Crippen molar-refractivity contribution in [1.82, 2.24) is 0 Å². The van der Waals surface area contributed by atoms with Gasteiger partial charge in [-0.3, -0.25) is 9.11 Å². The highest BCUT2D eigenvalue weighted by atomic mass is 32.2. The van der Waals surface area contributed by atoms with E-state index in [1.54, 1.807) is 24.3 Å². The molecule has 0 amide bonds. The van der Waals surface area contributed by atoms with E-state index in [-0.39, 0.29) is 27.3 Å². The molecule has 4 rings (SSSR count). The number of hydrogen-bond acceptors (Lipinski definition) is 9. The van der Waals surface area contributed by atoms with Gasteiger partial charge in [-0.2, -0.15) is 27.1 Å². The summed E-state index contributed by atoms with van der Waals surface area (Å²) >= 11 is 0. The van der Waals surface area contributed by atoms with Crippen molar-refractivity contribution in [1.29, 1.82) is 0 Å². The molecule has 0 unspecified atom stereocenters. The number of nitrogens with two attached hydrogens (primary N) is 1. The van der Waals surface area contributed by atoms with Gasteiger partial charge in [0.05, 0.1) is 22.0 Å². The first-order chi connectivity index (χ1) is 16.5. The molecule has 0 bridgehead atoms. The molecule has 178 valence electrons. The van der Waals surface area contributed by atoms with Crippen LogP contribution in [0.1, 0.15) is 0 Å². The van der Waals surface area contributed by atoms with Crippen LogP contribution >= 0.6 is 0 Å². The van der Waals surface area contributed by atoms with Crippen LogP contribution in [0.3, 0.4) is 0 Å².